The quantitative estimate of drug-likeness (QED) is 0.590. The molecule has 2 bridgehead atoms. The second kappa shape index (κ2) is 3.60. The highest BCUT2D eigenvalue weighted by atomic mass is 16.8. The van der Waals surface area contributed by atoms with Gasteiger partial charge in [0.15, 0.2) is 17.9 Å². The lowest BCUT2D eigenvalue weighted by Crippen LogP contribution is -2.51. The highest BCUT2D eigenvalue weighted by Gasteiger charge is 2.67. The van der Waals surface area contributed by atoms with Crippen LogP contribution < -0.4 is 0 Å². The molecule has 0 aromatic heterocycles. The molecule has 0 radical (unpaired) electrons. The van der Waals surface area contributed by atoms with Gasteiger partial charge in [0.1, 0.15) is 24.4 Å². The molecule has 0 aliphatic carbocycles. The standard InChI is InChI=1S/C13H17NO6/c1-13(2)18-5-3-14-8(10(5)19-13)7-9(15)6-4-16-12(17-6)11(7)20-14/h5-8,10-12H,3-4H2,1-2H3. The normalized spacial score (nSPS) is 55.9. The van der Waals surface area contributed by atoms with Crippen molar-refractivity contribution in [3.05, 3.63) is 0 Å². The van der Waals surface area contributed by atoms with Crippen LogP contribution in [0.5, 0.6) is 0 Å². The Bertz CT molecular complexity index is 481. The van der Waals surface area contributed by atoms with Crippen LogP contribution >= 0.6 is 0 Å². The average Bonchev–Trinajstić information content (AvgIpc) is 3.04. The molecule has 5 aliphatic heterocycles. The molecule has 5 aliphatic rings. The molecule has 7 unspecified atom stereocenters. The molecule has 5 heterocycles. The molecule has 0 amide bonds. The Morgan fingerprint density at radius 1 is 1.25 bits per heavy atom. The van der Waals surface area contributed by atoms with Crippen molar-refractivity contribution in [2.45, 2.75) is 56.4 Å². The molecule has 20 heavy (non-hydrogen) atoms. The number of nitrogens with zero attached hydrogens (tertiary/aromatic N) is 1. The second-order valence-corrected chi connectivity index (χ2v) is 6.55. The Labute approximate surface area is 116 Å². The van der Waals surface area contributed by atoms with Crippen LogP contribution in [0.2, 0.25) is 0 Å². The van der Waals surface area contributed by atoms with Gasteiger partial charge in [0.2, 0.25) is 0 Å². The molecule has 0 spiro atoms. The summed E-state index contributed by atoms with van der Waals surface area (Å²) in [5.41, 5.74) is 0. The molecule has 5 saturated heterocycles. The number of hydrogen-bond donors (Lipinski definition) is 0. The van der Waals surface area contributed by atoms with E-state index in [1.165, 1.54) is 0 Å². The largest absolute Gasteiger partial charge is 0.347 e. The first-order valence-electron chi connectivity index (χ1n) is 7.13. The first-order chi connectivity index (χ1) is 9.53. The summed E-state index contributed by atoms with van der Waals surface area (Å²) >= 11 is 0. The van der Waals surface area contributed by atoms with Gasteiger partial charge >= 0.3 is 0 Å². The zero-order valence-corrected chi connectivity index (χ0v) is 11.4. The minimum Gasteiger partial charge on any atom is -0.347 e. The van der Waals surface area contributed by atoms with Crippen LogP contribution in [-0.2, 0) is 28.6 Å². The molecule has 0 aromatic carbocycles. The van der Waals surface area contributed by atoms with Crippen molar-refractivity contribution in [3.8, 4) is 0 Å². The van der Waals surface area contributed by atoms with Gasteiger partial charge in [-0.25, -0.2) is 0 Å². The molecule has 5 fully saturated rings. The lowest BCUT2D eigenvalue weighted by Gasteiger charge is -2.30. The molecule has 0 saturated carbocycles. The maximum absolute atomic E-state index is 12.5. The minimum absolute atomic E-state index is 0.0369. The van der Waals surface area contributed by atoms with E-state index in [9.17, 15) is 4.79 Å². The van der Waals surface area contributed by atoms with Gasteiger partial charge in [0, 0.05) is 0 Å². The van der Waals surface area contributed by atoms with Crippen molar-refractivity contribution in [1.82, 2.24) is 5.06 Å². The van der Waals surface area contributed by atoms with Gasteiger partial charge < -0.3 is 18.9 Å². The van der Waals surface area contributed by atoms with Crippen molar-refractivity contribution < 1.29 is 28.6 Å². The number of carbonyl (C=O) groups excluding carboxylic acids is 1. The van der Waals surface area contributed by atoms with Crippen LogP contribution in [0.15, 0.2) is 0 Å². The highest BCUT2D eigenvalue weighted by molar-refractivity contribution is 5.88. The summed E-state index contributed by atoms with van der Waals surface area (Å²) in [6.07, 6.45) is -1.38. The Kier molecular flexibility index (Phi) is 2.16. The molecule has 5 rings (SSSR count). The number of Topliss-reactive ketones (excluding diaryl/α,β-unsaturated/α-hetero) is 1. The Morgan fingerprint density at radius 2 is 2.10 bits per heavy atom. The zero-order chi connectivity index (χ0) is 13.6. The summed E-state index contributed by atoms with van der Waals surface area (Å²) in [4.78, 5) is 18.4. The molecule has 7 nitrogen and oxygen atoms in total. The van der Waals surface area contributed by atoms with Gasteiger partial charge in [-0.1, -0.05) is 0 Å². The fraction of sp³-hybridized carbons (Fsp3) is 0.923. The first-order valence-corrected chi connectivity index (χ1v) is 7.13. The predicted molar refractivity (Wildman–Crippen MR) is 62.3 cm³/mol. The van der Waals surface area contributed by atoms with Crippen LogP contribution in [0.25, 0.3) is 0 Å². The minimum atomic E-state index is -0.594. The molecule has 110 valence electrons. The van der Waals surface area contributed by atoms with E-state index in [0.717, 1.165) is 0 Å². The number of ketones is 1. The maximum atomic E-state index is 12.5. The first kappa shape index (κ1) is 12.0. The van der Waals surface area contributed by atoms with Crippen LogP contribution in [-0.4, -0.2) is 66.5 Å². The van der Waals surface area contributed by atoms with E-state index in [-0.39, 0.29) is 36.1 Å². The zero-order valence-electron chi connectivity index (χ0n) is 11.4. The third kappa shape index (κ3) is 1.38. The van der Waals surface area contributed by atoms with Crippen molar-refractivity contribution >= 4 is 5.78 Å². The summed E-state index contributed by atoms with van der Waals surface area (Å²) in [7, 11) is 0. The van der Waals surface area contributed by atoms with Crippen LogP contribution in [0.3, 0.4) is 0 Å². The van der Waals surface area contributed by atoms with Crippen molar-refractivity contribution in [3.63, 3.8) is 0 Å². The van der Waals surface area contributed by atoms with E-state index in [4.69, 9.17) is 23.8 Å². The van der Waals surface area contributed by atoms with Crippen molar-refractivity contribution in [2.24, 2.45) is 5.92 Å². The molecule has 7 atom stereocenters. The number of fused-ring (bicyclic) bond motifs is 8. The van der Waals surface area contributed by atoms with E-state index in [0.29, 0.717) is 13.2 Å². The van der Waals surface area contributed by atoms with Crippen LogP contribution in [0, 0.1) is 5.92 Å². The molecule has 0 N–H and O–H groups in total. The van der Waals surface area contributed by atoms with Gasteiger partial charge in [-0.3, -0.25) is 9.63 Å². The Morgan fingerprint density at radius 3 is 2.95 bits per heavy atom. The topological polar surface area (TPSA) is 66.5 Å². The second-order valence-electron chi connectivity index (χ2n) is 6.55. The number of carbonyl (C=O) groups is 1. The van der Waals surface area contributed by atoms with Gasteiger partial charge in [-0.05, 0) is 13.8 Å². The van der Waals surface area contributed by atoms with Gasteiger partial charge in [0.25, 0.3) is 0 Å². The van der Waals surface area contributed by atoms with Crippen molar-refractivity contribution in [1.29, 1.82) is 0 Å². The number of rotatable bonds is 0. The van der Waals surface area contributed by atoms with Gasteiger partial charge in [-0.2, -0.15) is 5.06 Å². The summed E-state index contributed by atoms with van der Waals surface area (Å²) in [5, 5.41) is 1.84. The van der Waals surface area contributed by atoms with Crippen molar-refractivity contribution in [2.75, 3.05) is 13.2 Å². The number of hydroxylamine groups is 2. The lowest BCUT2D eigenvalue weighted by atomic mass is 9.84. The van der Waals surface area contributed by atoms with Crippen LogP contribution in [0.1, 0.15) is 13.8 Å². The van der Waals surface area contributed by atoms with E-state index in [1.807, 2.05) is 18.9 Å². The molecule has 0 aromatic rings. The Hall–Kier alpha value is -0.570. The van der Waals surface area contributed by atoms with Gasteiger partial charge in [0.05, 0.1) is 25.1 Å². The monoisotopic (exact) mass is 283 g/mol. The highest BCUT2D eigenvalue weighted by Crippen LogP contribution is 2.48. The SMILES string of the molecule is CC1(C)OC2CN3OC4C5OCC(O5)C(=O)C4C3C2O1. The number of hydrogen-bond acceptors (Lipinski definition) is 7. The summed E-state index contributed by atoms with van der Waals surface area (Å²) in [6, 6.07) is -0.0881. The van der Waals surface area contributed by atoms with E-state index < -0.39 is 18.2 Å². The predicted octanol–water partition coefficient (Wildman–Crippen LogP) is -0.555. The Balaban J connectivity index is 1.50. The third-order valence-corrected chi connectivity index (χ3v) is 4.85. The third-order valence-electron chi connectivity index (χ3n) is 4.85. The molecular weight excluding hydrogens is 266 g/mol. The summed E-state index contributed by atoms with van der Waals surface area (Å²) < 4.78 is 22.9. The smallest absolute Gasteiger partial charge is 0.187 e. The van der Waals surface area contributed by atoms with E-state index in [1.54, 1.807) is 0 Å². The molecular formula is C13H17NO6. The average molecular weight is 283 g/mol. The maximum Gasteiger partial charge on any atom is 0.187 e. The van der Waals surface area contributed by atoms with Crippen LogP contribution in [0.4, 0.5) is 0 Å². The summed E-state index contributed by atoms with van der Waals surface area (Å²) in [5.74, 6) is -0.762. The van der Waals surface area contributed by atoms with E-state index >= 15 is 0 Å². The number of ether oxygens (including phenoxy) is 4. The van der Waals surface area contributed by atoms with E-state index in [2.05, 4.69) is 0 Å². The summed E-state index contributed by atoms with van der Waals surface area (Å²) in [6.45, 7) is 4.77. The molecule has 7 heteroatoms. The fourth-order valence-corrected chi connectivity index (χ4v) is 4.18. The van der Waals surface area contributed by atoms with Gasteiger partial charge in [-0.15, -0.1) is 0 Å². The fourth-order valence-electron chi connectivity index (χ4n) is 4.18. The lowest BCUT2D eigenvalue weighted by molar-refractivity contribution is -0.239.